The summed E-state index contributed by atoms with van der Waals surface area (Å²) in [6.07, 6.45) is 6.29. The highest BCUT2D eigenvalue weighted by atomic mass is 32.2. The smallest absolute Gasteiger partial charge is 0.157 e. The molecule has 0 unspecified atom stereocenters. The molecule has 1 saturated carbocycles. The van der Waals surface area contributed by atoms with Crippen molar-refractivity contribution in [2.75, 3.05) is 18.6 Å². The molecule has 0 radical (unpaired) electrons. The Kier molecular flexibility index (Phi) is 3.71. The Balaban J connectivity index is 2.00. The Hall–Kier alpha value is -0.230. The molecule has 0 bridgehead atoms. The summed E-state index contributed by atoms with van der Waals surface area (Å²) in [5, 5.41) is 4.43. The van der Waals surface area contributed by atoms with Gasteiger partial charge in [-0.05, 0) is 26.7 Å². The van der Waals surface area contributed by atoms with E-state index in [4.69, 9.17) is 0 Å². The molecule has 2 aliphatic rings. The Morgan fingerprint density at radius 2 is 2.00 bits per heavy atom. The predicted octanol–water partition coefficient (Wildman–Crippen LogP) is 1.81. The van der Waals surface area contributed by atoms with Crippen LogP contribution in [0.15, 0.2) is 4.99 Å². The van der Waals surface area contributed by atoms with Crippen LogP contribution >= 0.6 is 11.8 Å². The number of aliphatic imine (C=N–C) groups is 1. The van der Waals surface area contributed by atoms with Gasteiger partial charge in [0.2, 0.25) is 0 Å². The van der Waals surface area contributed by atoms with E-state index in [1.54, 1.807) is 25.6 Å². The quantitative estimate of drug-likeness (QED) is 0.861. The molecule has 0 aromatic rings. The van der Waals surface area contributed by atoms with E-state index in [0.29, 0.717) is 6.54 Å². The maximum absolute atomic E-state index is 11.6. The number of thioether (sulfide) groups is 1. The number of hydrogen-bond donors (Lipinski definition) is 1. The van der Waals surface area contributed by atoms with Crippen LogP contribution in [0, 0.1) is 0 Å². The van der Waals surface area contributed by atoms with Gasteiger partial charge in [-0.1, -0.05) is 24.6 Å². The molecule has 0 atom stereocenters. The first-order chi connectivity index (χ1) is 8.24. The summed E-state index contributed by atoms with van der Waals surface area (Å²) in [6.45, 7) is 3.80. The van der Waals surface area contributed by atoms with E-state index in [-0.39, 0.29) is 5.54 Å². The lowest BCUT2D eigenvalue weighted by atomic mass is 10.0. The van der Waals surface area contributed by atoms with Gasteiger partial charge in [-0.2, -0.15) is 0 Å². The molecule has 0 aromatic carbocycles. The highest BCUT2D eigenvalue weighted by Crippen LogP contribution is 2.37. The molecule has 0 aromatic heterocycles. The molecular weight excluding hydrogens is 268 g/mol. The molecule has 0 amide bonds. The number of sulfone groups is 1. The second-order valence-electron chi connectivity index (χ2n) is 6.05. The molecule has 1 aliphatic heterocycles. The summed E-state index contributed by atoms with van der Waals surface area (Å²) in [5.41, 5.74) is 0.249. The summed E-state index contributed by atoms with van der Waals surface area (Å²) < 4.78 is 22.4. The van der Waals surface area contributed by atoms with Gasteiger partial charge in [0.15, 0.2) is 15.0 Å². The third-order valence-corrected chi connectivity index (χ3v) is 7.36. The standard InChI is InChI=1S/C12H22N2O2S2/c1-11(2,18(3,15)16)8-13-10-14-12(9-17-10)6-4-5-7-12/h4-9H2,1-3H3,(H,13,14). The Morgan fingerprint density at radius 3 is 2.56 bits per heavy atom. The Morgan fingerprint density at radius 1 is 1.39 bits per heavy atom. The molecule has 1 saturated heterocycles. The largest absolute Gasteiger partial charge is 0.359 e. The van der Waals surface area contributed by atoms with Gasteiger partial charge in [0.25, 0.3) is 0 Å². The van der Waals surface area contributed by atoms with Crippen molar-refractivity contribution in [1.82, 2.24) is 5.32 Å². The van der Waals surface area contributed by atoms with Crippen LogP contribution in [0.25, 0.3) is 0 Å². The Bertz CT molecular complexity index is 449. The van der Waals surface area contributed by atoms with Crippen molar-refractivity contribution in [3.8, 4) is 0 Å². The van der Waals surface area contributed by atoms with Crippen molar-refractivity contribution in [1.29, 1.82) is 0 Å². The number of rotatable bonds is 3. The van der Waals surface area contributed by atoms with Gasteiger partial charge in [0.1, 0.15) is 0 Å². The lowest BCUT2D eigenvalue weighted by Gasteiger charge is -2.23. The van der Waals surface area contributed by atoms with Crippen LogP contribution in [0.1, 0.15) is 39.5 Å². The number of hydrogen-bond acceptors (Lipinski definition) is 4. The van der Waals surface area contributed by atoms with Gasteiger partial charge in [0, 0.05) is 17.5 Å². The minimum absolute atomic E-state index is 0.249. The normalized spacial score (nSPS) is 25.8. The highest BCUT2D eigenvalue weighted by Gasteiger charge is 2.40. The first kappa shape index (κ1) is 14.2. The lowest BCUT2D eigenvalue weighted by molar-refractivity contribution is 0.452. The molecule has 2 fully saturated rings. The second-order valence-corrected chi connectivity index (χ2v) is 9.67. The zero-order chi connectivity index (χ0) is 13.4. The van der Waals surface area contributed by atoms with E-state index < -0.39 is 14.6 Å². The summed E-state index contributed by atoms with van der Waals surface area (Å²) in [5.74, 6) is 1.07. The number of nitrogens with one attached hydrogen (secondary N) is 1. The van der Waals surface area contributed by atoms with Crippen molar-refractivity contribution in [2.24, 2.45) is 4.99 Å². The van der Waals surface area contributed by atoms with Crippen molar-refractivity contribution in [2.45, 2.75) is 49.8 Å². The molecule has 6 heteroatoms. The zero-order valence-electron chi connectivity index (χ0n) is 11.3. The molecule has 2 rings (SSSR count). The first-order valence-electron chi connectivity index (χ1n) is 6.39. The van der Waals surface area contributed by atoms with Crippen LogP contribution in [0.3, 0.4) is 0 Å². The third kappa shape index (κ3) is 2.85. The van der Waals surface area contributed by atoms with Crippen molar-refractivity contribution >= 4 is 26.8 Å². The average Bonchev–Trinajstić information content (AvgIpc) is 2.86. The molecule has 1 spiro atoms. The van der Waals surface area contributed by atoms with E-state index in [9.17, 15) is 8.42 Å². The van der Waals surface area contributed by atoms with E-state index in [2.05, 4.69) is 10.3 Å². The van der Waals surface area contributed by atoms with E-state index >= 15 is 0 Å². The minimum Gasteiger partial charge on any atom is -0.359 e. The van der Waals surface area contributed by atoms with E-state index in [0.717, 1.165) is 10.9 Å². The maximum Gasteiger partial charge on any atom is 0.157 e. The second kappa shape index (κ2) is 4.71. The van der Waals surface area contributed by atoms with Crippen molar-refractivity contribution in [3.05, 3.63) is 0 Å². The maximum atomic E-state index is 11.6. The molecular formula is C12H22N2O2S2. The van der Waals surface area contributed by atoms with Crippen LogP contribution in [0.4, 0.5) is 0 Å². The van der Waals surface area contributed by atoms with Gasteiger partial charge in [0.05, 0.1) is 11.3 Å². The van der Waals surface area contributed by atoms with Gasteiger partial charge < -0.3 is 5.32 Å². The van der Waals surface area contributed by atoms with Crippen LogP contribution in [-0.4, -0.2) is 42.4 Å². The lowest BCUT2D eigenvalue weighted by Crippen LogP contribution is -2.41. The summed E-state index contributed by atoms with van der Waals surface area (Å²) in [7, 11) is -3.07. The van der Waals surface area contributed by atoms with E-state index in [1.807, 2.05) is 0 Å². The average molecular weight is 290 g/mol. The number of nitrogens with zero attached hydrogens (tertiary/aromatic N) is 1. The summed E-state index contributed by atoms with van der Waals surface area (Å²) >= 11 is 1.73. The zero-order valence-corrected chi connectivity index (χ0v) is 13.0. The van der Waals surface area contributed by atoms with Gasteiger partial charge >= 0.3 is 0 Å². The fraction of sp³-hybridized carbons (Fsp3) is 0.917. The molecule has 1 N–H and O–H groups in total. The molecule has 18 heavy (non-hydrogen) atoms. The first-order valence-corrected chi connectivity index (χ1v) is 9.27. The Labute approximate surface area is 114 Å². The van der Waals surface area contributed by atoms with Crippen LogP contribution in [0.2, 0.25) is 0 Å². The summed E-state index contributed by atoms with van der Waals surface area (Å²) in [4.78, 5) is 4.47. The van der Waals surface area contributed by atoms with Crippen molar-refractivity contribution in [3.63, 3.8) is 0 Å². The van der Waals surface area contributed by atoms with Gasteiger partial charge in [-0.25, -0.2) is 8.42 Å². The number of amidine groups is 1. The summed E-state index contributed by atoms with van der Waals surface area (Å²) in [6, 6.07) is 0. The fourth-order valence-electron chi connectivity index (χ4n) is 2.29. The van der Waals surface area contributed by atoms with E-state index in [1.165, 1.54) is 31.9 Å². The van der Waals surface area contributed by atoms with Crippen LogP contribution < -0.4 is 5.32 Å². The van der Waals surface area contributed by atoms with Gasteiger partial charge in [-0.15, -0.1) is 0 Å². The minimum atomic E-state index is -3.07. The molecule has 1 aliphatic carbocycles. The van der Waals surface area contributed by atoms with Crippen LogP contribution in [0.5, 0.6) is 0 Å². The molecule has 1 heterocycles. The molecule has 4 nitrogen and oxygen atoms in total. The topological polar surface area (TPSA) is 58.5 Å². The van der Waals surface area contributed by atoms with Crippen LogP contribution in [-0.2, 0) is 9.84 Å². The van der Waals surface area contributed by atoms with Gasteiger partial charge in [-0.3, -0.25) is 4.99 Å². The SMILES string of the molecule is CC(C)(CN=C1NC2(CCCC2)CS1)S(C)(=O)=O. The predicted molar refractivity (Wildman–Crippen MR) is 78.0 cm³/mol. The monoisotopic (exact) mass is 290 g/mol. The van der Waals surface area contributed by atoms with Crippen molar-refractivity contribution < 1.29 is 8.42 Å². The molecule has 104 valence electrons. The fourth-order valence-corrected chi connectivity index (χ4v) is 3.81. The third-order valence-electron chi connectivity index (χ3n) is 4.03. The highest BCUT2D eigenvalue weighted by molar-refractivity contribution is 8.14.